The number of nitrogens with zero attached hydrogens (tertiary/aromatic N) is 2. The highest BCUT2D eigenvalue weighted by Gasteiger charge is 2.10. The zero-order chi connectivity index (χ0) is 18.9. The molecule has 27 heavy (non-hydrogen) atoms. The van der Waals surface area contributed by atoms with Gasteiger partial charge in [-0.05, 0) is 41.5 Å². The van der Waals surface area contributed by atoms with Crippen LogP contribution in [-0.2, 0) is 11.2 Å². The fourth-order valence-electron chi connectivity index (χ4n) is 2.04. The van der Waals surface area contributed by atoms with E-state index in [4.69, 9.17) is 0 Å². The monoisotopic (exact) mass is 419 g/mol. The second-order valence-electron chi connectivity index (χ2n) is 5.27. The molecule has 7 nitrogen and oxygen atoms in total. The van der Waals surface area contributed by atoms with Crippen molar-refractivity contribution in [1.29, 1.82) is 0 Å². The van der Waals surface area contributed by atoms with Crippen molar-refractivity contribution in [2.45, 2.75) is 11.6 Å². The van der Waals surface area contributed by atoms with Gasteiger partial charge in [0.25, 0.3) is 0 Å². The number of H-pyrrole nitrogens is 1. The van der Waals surface area contributed by atoms with Gasteiger partial charge < -0.3 is 5.32 Å². The van der Waals surface area contributed by atoms with Gasteiger partial charge in [0.2, 0.25) is 11.1 Å². The number of hydrogen-bond acceptors (Lipinski definition) is 7. The molecule has 0 saturated heterocycles. The first kappa shape index (κ1) is 19.3. The summed E-state index contributed by atoms with van der Waals surface area (Å²) in [6.45, 7) is 0.480. The fourth-order valence-corrected chi connectivity index (χ4v) is 3.97. The van der Waals surface area contributed by atoms with Gasteiger partial charge in [-0.1, -0.05) is 23.9 Å². The number of amides is 3. The Morgan fingerprint density at radius 2 is 2.04 bits per heavy atom. The van der Waals surface area contributed by atoms with Crippen molar-refractivity contribution in [3.63, 3.8) is 0 Å². The highest BCUT2D eigenvalue weighted by atomic mass is 32.2. The fraction of sp³-hybridized carbons (Fsp3) is 0.176. The molecule has 3 rings (SSSR count). The average molecular weight is 420 g/mol. The van der Waals surface area contributed by atoms with Crippen LogP contribution in [0.25, 0.3) is 12.2 Å². The Labute approximate surface area is 168 Å². The number of carbonyl (C=O) groups excluding carboxylic acids is 2. The van der Waals surface area contributed by atoms with E-state index in [1.165, 1.54) is 4.88 Å². The lowest BCUT2D eigenvalue weighted by Crippen LogP contribution is -2.41. The second-order valence-corrected chi connectivity index (χ2v) is 8.23. The molecule has 0 spiro atoms. The highest BCUT2D eigenvalue weighted by Crippen LogP contribution is 2.15. The van der Waals surface area contributed by atoms with Crippen LogP contribution in [0.3, 0.4) is 0 Å². The lowest BCUT2D eigenvalue weighted by Gasteiger charge is -2.05. The third-order valence-electron chi connectivity index (χ3n) is 3.25. The number of nitrogens with one attached hydrogen (secondary N) is 3. The molecule has 3 amide bonds. The third kappa shape index (κ3) is 6.66. The van der Waals surface area contributed by atoms with Crippen LogP contribution in [-0.4, -0.2) is 39.4 Å². The quantitative estimate of drug-likeness (QED) is 0.487. The summed E-state index contributed by atoms with van der Waals surface area (Å²) >= 11 is 4.43. The second kappa shape index (κ2) is 10.0. The summed E-state index contributed by atoms with van der Waals surface area (Å²) in [5.74, 6) is 0.274. The molecule has 0 aliphatic carbocycles. The van der Waals surface area contributed by atoms with E-state index in [0.717, 1.165) is 23.1 Å². The maximum absolute atomic E-state index is 11.8. The number of carbonyl (C=O) groups is 2. The van der Waals surface area contributed by atoms with Crippen LogP contribution in [0.1, 0.15) is 15.6 Å². The zero-order valence-electron chi connectivity index (χ0n) is 14.2. The molecule has 10 heteroatoms. The summed E-state index contributed by atoms with van der Waals surface area (Å²) in [7, 11) is 0. The Kier molecular flexibility index (Phi) is 7.19. The Hall–Kier alpha value is -2.43. The predicted octanol–water partition coefficient (Wildman–Crippen LogP) is 3.26. The first-order chi connectivity index (χ1) is 13.2. The molecule has 140 valence electrons. The van der Waals surface area contributed by atoms with Gasteiger partial charge in [-0.25, -0.2) is 9.78 Å². The molecule has 0 aliphatic rings. The van der Waals surface area contributed by atoms with Crippen molar-refractivity contribution in [2.75, 3.05) is 12.3 Å². The predicted molar refractivity (Wildman–Crippen MR) is 110 cm³/mol. The summed E-state index contributed by atoms with van der Waals surface area (Å²) in [6.07, 6.45) is 4.50. The molecule has 0 fully saturated rings. The molecule has 3 heterocycles. The van der Waals surface area contributed by atoms with Gasteiger partial charge in [0.05, 0.1) is 5.75 Å². The smallest absolute Gasteiger partial charge is 0.321 e. The van der Waals surface area contributed by atoms with Crippen molar-refractivity contribution in [1.82, 2.24) is 25.8 Å². The summed E-state index contributed by atoms with van der Waals surface area (Å²) in [5, 5.41) is 16.2. The third-order valence-corrected chi connectivity index (χ3v) is 5.87. The maximum atomic E-state index is 11.8. The molecule has 0 bridgehead atoms. The number of rotatable bonds is 8. The topological polar surface area (TPSA) is 99.8 Å². The van der Waals surface area contributed by atoms with E-state index in [0.29, 0.717) is 17.5 Å². The summed E-state index contributed by atoms with van der Waals surface area (Å²) < 4.78 is 0. The van der Waals surface area contributed by atoms with Crippen LogP contribution >= 0.6 is 34.4 Å². The van der Waals surface area contributed by atoms with Crippen molar-refractivity contribution in [3.05, 3.63) is 50.6 Å². The van der Waals surface area contributed by atoms with E-state index >= 15 is 0 Å². The van der Waals surface area contributed by atoms with Gasteiger partial charge in [0.15, 0.2) is 0 Å². The Morgan fingerprint density at radius 3 is 2.81 bits per heavy atom. The molecule has 3 N–H and O–H groups in total. The van der Waals surface area contributed by atoms with E-state index in [1.54, 1.807) is 22.7 Å². The van der Waals surface area contributed by atoms with E-state index in [2.05, 4.69) is 25.8 Å². The number of aromatic amines is 1. The van der Waals surface area contributed by atoms with Crippen LogP contribution in [0.4, 0.5) is 4.79 Å². The molecule has 0 saturated carbocycles. The van der Waals surface area contributed by atoms with Crippen LogP contribution < -0.4 is 10.6 Å². The number of imide groups is 1. The number of urea groups is 1. The largest absolute Gasteiger partial charge is 0.337 e. The minimum atomic E-state index is -0.494. The van der Waals surface area contributed by atoms with E-state index in [9.17, 15) is 9.59 Å². The van der Waals surface area contributed by atoms with Gasteiger partial charge in [-0.15, -0.1) is 27.8 Å². The van der Waals surface area contributed by atoms with E-state index in [1.807, 2.05) is 47.2 Å². The van der Waals surface area contributed by atoms with Gasteiger partial charge in [-0.2, -0.15) is 0 Å². The minimum Gasteiger partial charge on any atom is -0.337 e. The Balaban J connectivity index is 1.35. The number of thioether (sulfide) groups is 1. The molecule has 3 aromatic heterocycles. The minimum absolute atomic E-state index is 0.0598. The highest BCUT2D eigenvalue weighted by molar-refractivity contribution is 7.99. The maximum Gasteiger partial charge on any atom is 0.321 e. The van der Waals surface area contributed by atoms with Crippen molar-refractivity contribution in [3.8, 4) is 0 Å². The summed E-state index contributed by atoms with van der Waals surface area (Å²) in [6, 6.07) is 7.46. The lowest BCUT2D eigenvalue weighted by molar-refractivity contribution is -0.117. The molecular formula is C17H17N5O2S3. The summed E-state index contributed by atoms with van der Waals surface area (Å²) in [4.78, 5) is 30.1. The number of thiophene rings is 2. The van der Waals surface area contributed by atoms with Gasteiger partial charge in [0.1, 0.15) is 5.82 Å². The molecule has 3 aromatic rings. The first-order valence-corrected chi connectivity index (χ1v) is 10.8. The normalized spacial score (nSPS) is 11.0. The summed E-state index contributed by atoms with van der Waals surface area (Å²) in [5.41, 5.74) is 0. The average Bonchev–Trinajstić information content (AvgIpc) is 3.40. The van der Waals surface area contributed by atoms with Crippen molar-refractivity contribution < 1.29 is 9.59 Å². The lowest BCUT2D eigenvalue weighted by atomic mass is 10.3. The zero-order valence-corrected chi connectivity index (χ0v) is 16.6. The molecule has 0 radical (unpaired) electrons. The van der Waals surface area contributed by atoms with Gasteiger partial charge in [0, 0.05) is 16.3 Å². The van der Waals surface area contributed by atoms with Crippen LogP contribution in [0, 0.1) is 0 Å². The molecule has 0 atom stereocenters. The molecular weight excluding hydrogens is 402 g/mol. The molecule has 0 aliphatic heterocycles. The van der Waals surface area contributed by atoms with Crippen LogP contribution in [0.15, 0.2) is 40.2 Å². The standard InChI is InChI=1S/C17H17N5O2S3/c23-15(20-16(24)18-8-7-13-4-2-10-26-13)11-27-17-19-14(21-22-17)6-5-12-3-1-9-25-12/h1-6,9-10H,7-8,11H2,(H,19,21,22)(H2,18,20,23,24)/b6-5+. The van der Waals surface area contributed by atoms with E-state index < -0.39 is 11.9 Å². The van der Waals surface area contributed by atoms with Crippen LogP contribution in [0.2, 0.25) is 0 Å². The van der Waals surface area contributed by atoms with Crippen molar-refractivity contribution >= 4 is 58.5 Å². The van der Waals surface area contributed by atoms with Gasteiger partial charge >= 0.3 is 6.03 Å². The van der Waals surface area contributed by atoms with Crippen LogP contribution in [0.5, 0.6) is 0 Å². The Bertz CT molecular complexity index is 888. The first-order valence-electron chi connectivity index (χ1n) is 8.06. The molecule has 0 unspecified atom stereocenters. The number of hydrogen-bond donors (Lipinski definition) is 3. The SMILES string of the molecule is O=C(CSc1n[nH]c(/C=C/c2cccs2)n1)NC(=O)NCCc1cccs1. The molecule has 0 aromatic carbocycles. The van der Waals surface area contributed by atoms with E-state index in [-0.39, 0.29) is 5.75 Å². The Morgan fingerprint density at radius 1 is 1.19 bits per heavy atom. The number of aromatic nitrogens is 3. The van der Waals surface area contributed by atoms with Gasteiger partial charge in [-0.3, -0.25) is 15.2 Å². The van der Waals surface area contributed by atoms with Crippen molar-refractivity contribution in [2.24, 2.45) is 0 Å².